The number of aliphatic hydroxyl groups excluding tert-OH is 1. The molecule has 0 unspecified atom stereocenters. The van der Waals surface area contributed by atoms with Gasteiger partial charge in [0.05, 0.1) is 30.2 Å². The highest BCUT2D eigenvalue weighted by molar-refractivity contribution is 7.10. The molecule has 1 fully saturated rings. The van der Waals surface area contributed by atoms with Gasteiger partial charge in [-0.3, -0.25) is 9.88 Å². The molecular formula is C26H28F2N2O2S. The zero-order valence-corrected chi connectivity index (χ0v) is 19.5. The summed E-state index contributed by atoms with van der Waals surface area (Å²) >= 11 is 1.63. The van der Waals surface area contributed by atoms with Crippen LogP contribution in [0, 0.1) is 23.1 Å². The van der Waals surface area contributed by atoms with Crippen LogP contribution in [0.5, 0.6) is 5.75 Å². The number of benzene rings is 1. The molecule has 2 aromatic heterocycles. The van der Waals surface area contributed by atoms with Gasteiger partial charge in [-0.05, 0) is 73.8 Å². The average Bonchev–Trinajstić information content (AvgIpc) is 3.36. The molecule has 4 nitrogen and oxygen atoms in total. The van der Waals surface area contributed by atoms with Crippen LogP contribution < -0.4 is 4.74 Å². The third-order valence-corrected chi connectivity index (χ3v) is 7.38. The predicted molar refractivity (Wildman–Crippen MR) is 128 cm³/mol. The lowest BCUT2D eigenvalue weighted by molar-refractivity contribution is 0.0343. The van der Waals surface area contributed by atoms with Gasteiger partial charge in [0.15, 0.2) is 0 Å². The monoisotopic (exact) mass is 470 g/mol. The Hall–Kier alpha value is -2.53. The Kier molecular flexibility index (Phi) is 7.59. The molecule has 174 valence electrons. The van der Waals surface area contributed by atoms with Crippen molar-refractivity contribution in [1.82, 2.24) is 9.88 Å². The van der Waals surface area contributed by atoms with Crippen LogP contribution in [-0.4, -0.2) is 48.3 Å². The highest BCUT2D eigenvalue weighted by atomic mass is 32.1. The van der Waals surface area contributed by atoms with Crippen LogP contribution >= 0.6 is 11.3 Å². The van der Waals surface area contributed by atoms with E-state index < -0.39 is 12.0 Å². The number of halogens is 2. The number of nitrogens with zero attached hydrogens (tertiary/aromatic N) is 2. The molecule has 0 aliphatic carbocycles. The first-order valence-electron chi connectivity index (χ1n) is 11.2. The van der Waals surface area contributed by atoms with E-state index >= 15 is 4.39 Å². The molecule has 4 rings (SSSR count). The Labute approximate surface area is 197 Å². The molecule has 1 saturated heterocycles. The summed E-state index contributed by atoms with van der Waals surface area (Å²) < 4.78 is 35.2. The second-order valence-electron chi connectivity index (χ2n) is 8.62. The molecule has 0 amide bonds. The third-order valence-electron chi connectivity index (χ3n) is 6.60. The van der Waals surface area contributed by atoms with Gasteiger partial charge in [0.25, 0.3) is 0 Å². The van der Waals surface area contributed by atoms with Crippen LogP contribution in [0.25, 0.3) is 10.9 Å². The SMILES string of the molecule is COc1ccc2ncc(F)c([C@H](F)CCC3(CO)CCN(CC#Cc4cccs4)CC3)c2c1. The molecule has 1 atom stereocenters. The van der Waals surface area contributed by atoms with Gasteiger partial charge in [-0.1, -0.05) is 17.9 Å². The molecule has 0 radical (unpaired) electrons. The number of thiophene rings is 1. The van der Waals surface area contributed by atoms with Crippen LogP contribution in [0.2, 0.25) is 0 Å². The zero-order chi connectivity index (χ0) is 23.3. The van der Waals surface area contributed by atoms with E-state index in [1.807, 2.05) is 17.5 Å². The zero-order valence-electron chi connectivity index (χ0n) is 18.7. The van der Waals surface area contributed by atoms with E-state index in [2.05, 4.69) is 21.7 Å². The van der Waals surface area contributed by atoms with Gasteiger partial charge in [0.1, 0.15) is 17.7 Å². The van der Waals surface area contributed by atoms with Gasteiger partial charge in [0, 0.05) is 17.6 Å². The minimum absolute atomic E-state index is 0.00182. The van der Waals surface area contributed by atoms with E-state index in [-0.39, 0.29) is 24.0 Å². The molecular weight excluding hydrogens is 442 g/mol. The number of piperidine rings is 1. The summed E-state index contributed by atoms with van der Waals surface area (Å²) in [7, 11) is 1.52. The van der Waals surface area contributed by atoms with Gasteiger partial charge >= 0.3 is 0 Å². The van der Waals surface area contributed by atoms with Crippen molar-refractivity contribution in [3.05, 3.63) is 58.2 Å². The topological polar surface area (TPSA) is 45.6 Å². The number of aromatic nitrogens is 1. The van der Waals surface area contributed by atoms with Crippen molar-refractivity contribution in [3.8, 4) is 17.6 Å². The fourth-order valence-corrected chi connectivity index (χ4v) is 5.04. The van der Waals surface area contributed by atoms with E-state index in [1.165, 1.54) is 7.11 Å². The van der Waals surface area contributed by atoms with E-state index in [9.17, 15) is 9.50 Å². The Morgan fingerprint density at radius 2 is 2.12 bits per heavy atom. The maximum atomic E-state index is 15.4. The van der Waals surface area contributed by atoms with Crippen molar-refractivity contribution >= 4 is 22.2 Å². The van der Waals surface area contributed by atoms with Crippen LogP contribution in [0.15, 0.2) is 41.9 Å². The second kappa shape index (κ2) is 10.6. The number of hydrogen-bond donors (Lipinski definition) is 1. The molecule has 1 aliphatic rings. The average molecular weight is 471 g/mol. The van der Waals surface area contributed by atoms with Crippen molar-refractivity contribution in [3.63, 3.8) is 0 Å². The fraction of sp³-hybridized carbons (Fsp3) is 0.423. The highest BCUT2D eigenvalue weighted by Crippen LogP contribution is 2.40. The molecule has 1 aliphatic heterocycles. The number of alkyl halides is 1. The van der Waals surface area contributed by atoms with E-state index in [0.29, 0.717) is 29.6 Å². The minimum Gasteiger partial charge on any atom is -0.497 e. The van der Waals surface area contributed by atoms with E-state index in [4.69, 9.17) is 4.74 Å². The minimum atomic E-state index is -1.49. The number of likely N-dealkylation sites (tertiary alicyclic amines) is 1. The first-order valence-corrected chi connectivity index (χ1v) is 12.0. The number of ether oxygens (including phenoxy) is 1. The van der Waals surface area contributed by atoms with E-state index in [1.54, 1.807) is 29.5 Å². The first-order chi connectivity index (χ1) is 16.0. The second-order valence-corrected chi connectivity index (χ2v) is 9.57. The fourth-order valence-electron chi connectivity index (χ4n) is 4.45. The largest absolute Gasteiger partial charge is 0.497 e. The summed E-state index contributed by atoms with van der Waals surface area (Å²) in [5.41, 5.74) is 0.205. The molecule has 0 saturated carbocycles. The van der Waals surface area contributed by atoms with Gasteiger partial charge in [0.2, 0.25) is 0 Å². The molecule has 3 heterocycles. The number of pyridine rings is 1. The Morgan fingerprint density at radius 3 is 2.82 bits per heavy atom. The van der Waals surface area contributed by atoms with Crippen LogP contribution in [0.4, 0.5) is 8.78 Å². The van der Waals surface area contributed by atoms with Crippen LogP contribution in [-0.2, 0) is 0 Å². The molecule has 33 heavy (non-hydrogen) atoms. The quantitative estimate of drug-likeness (QED) is 0.472. The lowest BCUT2D eigenvalue weighted by Gasteiger charge is -2.40. The molecule has 0 bridgehead atoms. The Morgan fingerprint density at radius 1 is 1.30 bits per heavy atom. The van der Waals surface area contributed by atoms with Crippen LogP contribution in [0.1, 0.15) is 42.3 Å². The lowest BCUT2D eigenvalue weighted by Crippen LogP contribution is -2.42. The summed E-state index contributed by atoms with van der Waals surface area (Å²) in [6.07, 6.45) is 1.77. The number of hydrogen-bond acceptors (Lipinski definition) is 5. The Bertz CT molecular complexity index is 1130. The normalized spacial score (nSPS) is 16.8. The van der Waals surface area contributed by atoms with Gasteiger partial charge in [-0.15, -0.1) is 11.3 Å². The molecule has 7 heteroatoms. The van der Waals surface area contributed by atoms with Crippen molar-refractivity contribution < 1.29 is 18.6 Å². The van der Waals surface area contributed by atoms with Crippen molar-refractivity contribution in [2.24, 2.45) is 5.41 Å². The molecule has 3 aromatic rings. The standard InChI is InChI=1S/C26H28F2N2O2S/c1-32-19-6-7-24-21(16-19)25(23(28)17-29-24)22(27)8-9-26(18-31)10-13-30(14-11-26)12-2-4-20-5-3-15-33-20/h3,5-7,15-17,22,31H,8-14,18H2,1H3/t22-/m1/s1. The number of aliphatic hydroxyl groups is 1. The smallest absolute Gasteiger partial charge is 0.148 e. The van der Waals surface area contributed by atoms with Crippen molar-refractivity contribution in [1.29, 1.82) is 0 Å². The highest BCUT2D eigenvalue weighted by Gasteiger charge is 2.35. The van der Waals surface area contributed by atoms with Gasteiger partial charge < -0.3 is 9.84 Å². The van der Waals surface area contributed by atoms with Crippen molar-refractivity contribution in [2.45, 2.75) is 31.9 Å². The number of fused-ring (bicyclic) bond motifs is 1. The summed E-state index contributed by atoms with van der Waals surface area (Å²) in [6, 6.07) is 9.05. The third kappa shape index (κ3) is 5.52. The van der Waals surface area contributed by atoms with Gasteiger partial charge in [-0.25, -0.2) is 8.78 Å². The van der Waals surface area contributed by atoms with Crippen LogP contribution in [0.3, 0.4) is 0 Å². The molecule has 1 aromatic carbocycles. The predicted octanol–water partition coefficient (Wildman–Crippen LogP) is 5.36. The summed E-state index contributed by atoms with van der Waals surface area (Å²) in [4.78, 5) is 7.40. The summed E-state index contributed by atoms with van der Waals surface area (Å²) in [5.74, 6) is 6.26. The maximum Gasteiger partial charge on any atom is 0.148 e. The lowest BCUT2D eigenvalue weighted by atomic mass is 9.74. The number of methoxy groups -OCH3 is 1. The van der Waals surface area contributed by atoms with Gasteiger partial charge in [-0.2, -0.15) is 0 Å². The molecule has 1 N–H and O–H groups in total. The maximum absolute atomic E-state index is 15.4. The van der Waals surface area contributed by atoms with Crippen molar-refractivity contribution in [2.75, 3.05) is 33.4 Å². The van der Waals surface area contributed by atoms with E-state index in [0.717, 1.165) is 37.0 Å². The molecule has 0 spiro atoms. The first kappa shape index (κ1) is 23.6. The summed E-state index contributed by atoms with van der Waals surface area (Å²) in [5, 5.41) is 12.6. The summed E-state index contributed by atoms with van der Waals surface area (Å²) in [6.45, 7) is 2.30. The number of rotatable bonds is 7. The Balaban J connectivity index is 1.39.